The third kappa shape index (κ3) is 4.62. The van der Waals surface area contributed by atoms with Crippen molar-refractivity contribution in [3.05, 3.63) is 35.9 Å². The molecule has 4 nitrogen and oxygen atoms in total. The average molecular weight is 275 g/mol. The Morgan fingerprint density at radius 2 is 1.85 bits per heavy atom. The Bertz CT molecular complexity index is 421. The van der Waals surface area contributed by atoms with Crippen LogP contribution in [0.3, 0.4) is 0 Å². The molecule has 1 aliphatic heterocycles. The molecular formula is C16H25N3O. The maximum atomic E-state index is 11.3. The summed E-state index contributed by atoms with van der Waals surface area (Å²) in [4.78, 5) is 16.2. The van der Waals surface area contributed by atoms with Crippen molar-refractivity contribution in [2.75, 3.05) is 32.7 Å². The van der Waals surface area contributed by atoms with Gasteiger partial charge in [-0.1, -0.05) is 37.3 Å². The van der Waals surface area contributed by atoms with Gasteiger partial charge in [-0.3, -0.25) is 9.69 Å². The molecule has 1 aromatic carbocycles. The van der Waals surface area contributed by atoms with Crippen molar-refractivity contribution in [2.45, 2.75) is 26.4 Å². The van der Waals surface area contributed by atoms with Gasteiger partial charge in [0.25, 0.3) is 0 Å². The smallest absolute Gasteiger partial charge is 0.217 e. The molecule has 2 rings (SSSR count). The number of nitrogens with one attached hydrogen (secondary N) is 1. The number of carbonyl (C=O) groups is 1. The molecule has 1 unspecified atom stereocenters. The van der Waals surface area contributed by atoms with Gasteiger partial charge in [0.1, 0.15) is 0 Å². The normalized spacial score (nSPS) is 21.4. The van der Waals surface area contributed by atoms with Gasteiger partial charge in [0, 0.05) is 39.6 Å². The first-order valence-corrected chi connectivity index (χ1v) is 7.43. The maximum Gasteiger partial charge on any atom is 0.217 e. The standard InChI is InChI=1S/C16H25N3O/c1-3-18-9-10-19(11-15-7-5-4-6-8-15)13-16(12-18)17-14(2)20/h4-8,16H,3,9-13H2,1-2H3,(H,17,20). The first kappa shape index (κ1) is 15.0. The van der Waals surface area contributed by atoms with Gasteiger partial charge in [-0.2, -0.15) is 0 Å². The summed E-state index contributed by atoms with van der Waals surface area (Å²) in [6.07, 6.45) is 0. The Balaban J connectivity index is 1.99. The second-order valence-corrected chi connectivity index (χ2v) is 5.51. The number of benzene rings is 1. The monoisotopic (exact) mass is 275 g/mol. The van der Waals surface area contributed by atoms with Crippen LogP contribution >= 0.6 is 0 Å². The molecule has 0 aromatic heterocycles. The van der Waals surface area contributed by atoms with E-state index in [9.17, 15) is 4.79 Å². The molecule has 0 aliphatic carbocycles. The van der Waals surface area contributed by atoms with Crippen LogP contribution in [0.2, 0.25) is 0 Å². The van der Waals surface area contributed by atoms with Crippen LogP contribution in [0.25, 0.3) is 0 Å². The van der Waals surface area contributed by atoms with Crippen LogP contribution in [0.5, 0.6) is 0 Å². The van der Waals surface area contributed by atoms with E-state index in [1.54, 1.807) is 6.92 Å². The van der Waals surface area contributed by atoms with Gasteiger partial charge in [-0.25, -0.2) is 0 Å². The van der Waals surface area contributed by atoms with Crippen LogP contribution in [0.15, 0.2) is 30.3 Å². The van der Waals surface area contributed by atoms with E-state index < -0.39 is 0 Å². The van der Waals surface area contributed by atoms with E-state index in [4.69, 9.17) is 0 Å². The molecule has 1 fully saturated rings. The maximum absolute atomic E-state index is 11.3. The first-order chi connectivity index (χ1) is 9.67. The Hall–Kier alpha value is -1.39. The molecule has 1 heterocycles. The minimum Gasteiger partial charge on any atom is -0.351 e. The fraction of sp³-hybridized carbons (Fsp3) is 0.562. The molecule has 1 aromatic rings. The van der Waals surface area contributed by atoms with Gasteiger partial charge in [-0.15, -0.1) is 0 Å². The van der Waals surface area contributed by atoms with E-state index in [-0.39, 0.29) is 11.9 Å². The summed E-state index contributed by atoms with van der Waals surface area (Å²) in [5.41, 5.74) is 1.33. The lowest BCUT2D eigenvalue weighted by Gasteiger charge is -2.24. The van der Waals surface area contributed by atoms with Gasteiger partial charge in [0.15, 0.2) is 0 Å². The van der Waals surface area contributed by atoms with E-state index in [1.807, 2.05) is 6.07 Å². The van der Waals surface area contributed by atoms with E-state index in [0.717, 1.165) is 39.3 Å². The highest BCUT2D eigenvalue weighted by Crippen LogP contribution is 2.09. The summed E-state index contributed by atoms with van der Waals surface area (Å²) in [6, 6.07) is 10.8. The van der Waals surface area contributed by atoms with Crippen LogP contribution in [-0.4, -0.2) is 54.5 Å². The van der Waals surface area contributed by atoms with E-state index >= 15 is 0 Å². The minimum atomic E-state index is 0.0626. The van der Waals surface area contributed by atoms with Crippen molar-refractivity contribution < 1.29 is 4.79 Å². The lowest BCUT2D eigenvalue weighted by atomic mass is 10.2. The van der Waals surface area contributed by atoms with Gasteiger partial charge < -0.3 is 10.2 Å². The first-order valence-electron chi connectivity index (χ1n) is 7.43. The quantitative estimate of drug-likeness (QED) is 0.900. The highest BCUT2D eigenvalue weighted by Gasteiger charge is 2.22. The Kier molecular flexibility index (Phi) is 5.56. The zero-order chi connectivity index (χ0) is 14.4. The number of likely N-dealkylation sites (N-methyl/N-ethyl adjacent to an activating group) is 1. The molecule has 20 heavy (non-hydrogen) atoms. The summed E-state index contributed by atoms with van der Waals surface area (Å²) >= 11 is 0. The van der Waals surface area contributed by atoms with Gasteiger partial charge >= 0.3 is 0 Å². The molecule has 0 saturated carbocycles. The number of nitrogens with zero attached hydrogens (tertiary/aromatic N) is 2. The zero-order valence-electron chi connectivity index (χ0n) is 12.5. The largest absolute Gasteiger partial charge is 0.351 e. The second kappa shape index (κ2) is 7.41. The number of amides is 1. The number of hydrogen-bond donors (Lipinski definition) is 1. The third-order valence-electron chi connectivity index (χ3n) is 3.79. The lowest BCUT2D eigenvalue weighted by Crippen LogP contribution is -2.45. The topological polar surface area (TPSA) is 35.6 Å². The molecular weight excluding hydrogens is 250 g/mol. The summed E-state index contributed by atoms with van der Waals surface area (Å²) in [5, 5.41) is 3.08. The molecule has 0 radical (unpaired) electrons. The Morgan fingerprint density at radius 3 is 2.50 bits per heavy atom. The van der Waals surface area contributed by atoms with Crippen LogP contribution in [0.4, 0.5) is 0 Å². The SMILES string of the molecule is CCN1CCN(Cc2ccccc2)CC(NC(C)=O)C1. The fourth-order valence-electron chi connectivity index (χ4n) is 2.80. The van der Waals surface area contributed by atoms with Crippen LogP contribution in [0.1, 0.15) is 19.4 Å². The molecule has 0 spiro atoms. The van der Waals surface area contributed by atoms with Gasteiger partial charge in [0.2, 0.25) is 5.91 Å². The van der Waals surface area contributed by atoms with Crippen molar-refractivity contribution in [3.8, 4) is 0 Å². The molecule has 1 aliphatic rings. The zero-order valence-corrected chi connectivity index (χ0v) is 12.5. The molecule has 1 amide bonds. The molecule has 1 saturated heterocycles. The van der Waals surface area contributed by atoms with Crippen molar-refractivity contribution in [1.82, 2.24) is 15.1 Å². The number of carbonyl (C=O) groups excluding carboxylic acids is 1. The Labute approximate surface area is 121 Å². The highest BCUT2D eigenvalue weighted by molar-refractivity contribution is 5.73. The van der Waals surface area contributed by atoms with Crippen molar-refractivity contribution >= 4 is 5.91 Å². The second-order valence-electron chi connectivity index (χ2n) is 5.51. The summed E-state index contributed by atoms with van der Waals surface area (Å²) in [6.45, 7) is 9.76. The van der Waals surface area contributed by atoms with Crippen molar-refractivity contribution in [1.29, 1.82) is 0 Å². The molecule has 110 valence electrons. The molecule has 0 bridgehead atoms. The minimum absolute atomic E-state index is 0.0626. The molecule has 4 heteroatoms. The number of rotatable bonds is 4. The van der Waals surface area contributed by atoms with Gasteiger partial charge in [0.05, 0.1) is 6.04 Å². The van der Waals surface area contributed by atoms with Gasteiger partial charge in [-0.05, 0) is 12.1 Å². The predicted molar refractivity (Wildman–Crippen MR) is 81.4 cm³/mol. The van der Waals surface area contributed by atoms with Crippen LogP contribution in [0, 0.1) is 0 Å². The highest BCUT2D eigenvalue weighted by atomic mass is 16.1. The molecule has 1 atom stereocenters. The number of hydrogen-bond acceptors (Lipinski definition) is 3. The van der Waals surface area contributed by atoms with Crippen LogP contribution < -0.4 is 5.32 Å². The van der Waals surface area contributed by atoms with Crippen molar-refractivity contribution in [2.24, 2.45) is 0 Å². The predicted octanol–water partition coefficient (Wildman–Crippen LogP) is 1.33. The van der Waals surface area contributed by atoms with E-state index in [2.05, 4.69) is 46.3 Å². The Morgan fingerprint density at radius 1 is 1.20 bits per heavy atom. The fourth-order valence-corrected chi connectivity index (χ4v) is 2.80. The summed E-state index contributed by atoms with van der Waals surface area (Å²) < 4.78 is 0. The average Bonchev–Trinajstić information content (AvgIpc) is 2.61. The third-order valence-corrected chi connectivity index (χ3v) is 3.79. The van der Waals surface area contributed by atoms with Crippen LogP contribution in [-0.2, 0) is 11.3 Å². The molecule has 1 N–H and O–H groups in total. The van der Waals surface area contributed by atoms with Crippen molar-refractivity contribution in [3.63, 3.8) is 0 Å². The van der Waals surface area contributed by atoms with E-state index in [1.165, 1.54) is 5.56 Å². The summed E-state index contributed by atoms with van der Waals surface area (Å²) in [5.74, 6) is 0.0626. The summed E-state index contributed by atoms with van der Waals surface area (Å²) in [7, 11) is 0. The lowest BCUT2D eigenvalue weighted by molar-refractivity contribution is -0.119. The van der Waals surface area contributed by atoms with E-state index in [0.29, 0.717) is 0 Å².